The number of aromatic nitrogens is 4. The molecule has 72 heavy (non-hydrogen) atoms. The number of carboxylic acids is 1. The van der Waals surface area contributed by atoms with Crippen LogP contribution in [0.25, 0.3) is 0 Å². The number of carboxylic acid groups (broad SMARTS) is 1. The maximum Gasteiger partial charge on any atom is 0.326 e. The van der Waals surface area contributed by atoms with E-state index >= 15 is 0 Å². The average molecular weight is 1080 g/mol. The molecule has 0 bridgehead atoms. The number of hydrogen-bond acceptors (Lipinski definition) is 18. The molecule has 3 atom stereocenters. The van der Waals surface area contributed by atoms with E-state index in [1.54, 1.807) is 0 Å². The van der Waals surface area contributed by atoms with Gasteiger partial charge in [0.15, 0.2) is 0 Å². The second kappa shape index (κ2) is 45.7. The molecule has 1 unspecified atom stereocenters. The zero-order chi connectivity index (χ0) is 52.8. The van der Waals surface area contributed by atoms with Gasteiger partial charge in [-0.15, -0.1) is 16.9 Å². The summed E-state index contributed by atoms with van der Waals surface area (Å²) in [5, 5.41) is 36.5. The fraction of sp³-hybridized carbons (Fsp3) is 0.822. The molecule has 414 valence electrons. The first kappa shape index (κ1) is 66.1. The SMILES string of the molecule is O=C[C@H](CSCC(=O)NCCCC[C@H](NC(=O)COCCOCCNC(=O)COCCOCCNC(=O)CCCS(=O)(=O)NC(=O)CCCCCCCCCCCCCCCCc1nnn[nH]1)C(=O)O)NP. The summed E-state index contributed by atoms with van der Waals surface area (Å²) in [4.78, 5) is 82.7. The Morgan fingerprint density at radius 1 is 0.639 bits per heavy atom. The molecular formula is C45H83N10O14PS2. The minimum atomic E-state index is -3.83. The Labute approximate surface area is 431 Å². The standard InChI is InChI=1S/C45H83N10O14PS2/c56-32-37(52-70)35-71-36-44(61)46-22-16-15-18-38(45(62)63)49-43(60)34-69-30-28-67-26-24-48-42(59)33-68-29-27-66-25-23-47-40(57)21-17-31-72(64,65)53-41(58)20-14-12-10-8-6-4-2-1-3-5-7-9-11-13-19-39-50-54-55-51-39/h32,37-38,52H,1-31,33-36,70H2,(H,46,61)(H,47,57)(H,48,59)(H,49,60)(H,53,58)(H,62,63)(H,50,51,54,55)/t37-,38+/m1/s1. The van der Waals surface area contributed by atoms with Crippen molar-refractivity contribution in [2.75, 3.05) is 89.7 Å². The molecular weight excluding hydrogens is 1000 g/mol. The first-order valence-corrected chi connectivity index (χ1v) is 28.6. The third-order valence-electron chi connectivity index (χ3n) is 10.7. The molecule has 8 N–H and O–H groups in total. The van der Waals surface area contributed by atoms with Crippen molar-refractivity contribution >= 4 is 73.0 Å². The van der Waals surface area contributed by atoms with Crippen LogP contribution in [0.5, 0.6) is 0 Å². The molecule has 0 saturated heterocycles. The van der Waals surface area contributed by atoms with E-state index in [1.807, 2.05) is 0 Å². The lowest BCUT2D eigenvalue weighted by molar-refractivity contribution is -0.142. The monoisotopic (exact) mass is 1080 g/mol. The predicted octanol–water partition coefficient (Wildman–Crippen LogP) is 1.66. The van der Waals surface area contributed by atoms with Gasteiger partial charge in [0.25, 0.3) is 0 Å². The number of carbonyl (C=O) groups is 7. The highest BCUT2D eigenvalue weighted by Crippen LogP contribution is 2.14. The van der Waals surface area contributed by atoms with E-state index in [9.17, 15) is 47.1 Å². The molecule has 27 heteroatoms. The lowest BCUT2D eigenvalue weighted by atomic mass is 10.0. The number of unbranched alkanes of at least 4 members (excludes halogenated alkanes) is 14. The van der Waals surface area contributed by atoms with Gasteiger partial charge in [0.1, 0.15) is 31.4 Å². The number of aryl methyl sites for hydroxylation is 1. The Hall–Kier alpha value is -3.91. The number of nitrogens with one attached hydrogen (secondary N) is 7. The van der Waals surface area contributed by atoms with Crippen LogP contribution < -0.4 is 31.1 Å². The second-order valence-corrected chi connectivity index (χ2v) is 20.2. The van der Waals surface area contributed by atoms with Crippen molar-refractivity contribution in [1.29, 1.82) is 0 Å². The number of tetrazole rings is 1. The number of amides is 5. The summed E-state index contributed by atoms with van der Waals surface area (Å²) in [5.41, 5.74) is 0. The number of ether oxygens (including phenoxy) is 4. The Morgan fingerprint density at radius 3 is 1.75 bits per heavy atom. The van der Waals surface area contributed by atoms with Crippen LogP contribution in [0.15, 0.2) is 0 Å². The molecule has 24 nitrogen and oxygen atoms in total. The summed E-state index contributed by atoms with van der Waals surface area (Å²) in [6.45, 7) is 1.07. The highest BCUT2D eigenvalue weighted by molar-refractivity contribution is 8.00. The number of aliphatic carboxylic acids is 1. The number of thioether (sulfide) groups is 1. The maximum atomic E-state index is 12.3. The fourth-order valence-electron chi connectivity index (χ4n) is 6.77. The summed E-state index contributed by atoms with van der Waals surface area (Å²) in [7, 11) is -1.57. The minimum absolute atomic E-state index is 0.0233. The van der Waals surface area contributed by atoms with Crippen molar-refractivity contribution in [1.82, 2.24) is 51.7 Å². The lowest BCUT2D eigenvalue weighted by Crippen LogP contribution is -2.42. The van der Waals surface area contributed by atoms with Gasteiger partial charge in [-0.3, -0.25) is 33.8 Å². The van der Waals surface area contributed by atoms with Gasteiger partial charge in [0.05, 0.1) is 57.2 Å². The summed E-state index contributed by atoms with van der Waals surface area (Å²) in [6, 6.07) is -1.46. The van der Waals surface area contributed by atoms with Crippen LogP contribution >= 0.6 is 21.2 Å². The van der Waals surface area contributed by atoms with E-state index in [1.165, 1.54) is 69.5 Å². The number of carbonyl (C=O) groups excluding carboxylic acids is 6. The topological polar surface area (TPSA) is 337 Å². The molecule has 0 saturated carbocycles. The largest absolute Gasteiger partial charge is 0.480 e. The van der Waals surface area contributed by atoms with Gasteiger partial charge in [-0.2, -0.15) is 0 Å². The molecule has 1 aromatic rings. The van der Waals surface area contributed by atoms with Crippen molar-refractivity contribution in [2.45, 2.75) is 147 Å². The first-order valence-electron chi connectivity index (χ1n) is 25.2. The third kappa shape index (κ3) is 41.6. The van der Waals surface area contributed by atoms with Gasteiger partial charge in [-0.05, 0) is 49.0 Å². The molecule has 0 aliphatic carbocycles. The Balaban J connectivity index is 1.90. The van der Waals surface area contributed by atoms with Gasteiger partial charge in [-0.1, -0.05) is 86.4 Å². The summed E-state index contributed by atoms with van der Waals surface area (Å²) in [6.07, 6.45) is 18.9. The molecule has 1 rings (SSSR count). The van der Waals surface area contributed by atoms with Gasteiger partial charge >= 0.3 is 5.97 Å². The second-order valence-electron chi connectivity index (χ2n) is 17.0. The van der Waals surface area contributed by atoms with Crippen molar-refractivity contribution in [3.8, 4) is 0 Å². The van der Waals surface area contributed by atoms with Crippen LogP contribution in [0.2, 0.25) is 0 Å². The quantitative estimate of drug-likeness (QED) is 0.0261. The normalized spacial score (nSPS) is 12.2. The highest BCUT2D eigenvalue weighted by atomic mass is 32.2. The highest BCUT2D eigenvalue weighted by Gasteiger charge is 2.20. The van der Waals surface area contributed by atoms with E-state index in [4.69, 9.17) is 18.9 Å². The zero-order valence-electron chi connectivity index (χ0n) is 42.0. The van der Waals surface area contributed by atoms with Crippen molar-refractivity contribution < 1.29 is 66.0 Å². The molecule has 0 radical (unpaired) electrons. The van der Waals surface area contributed by atoms with E-state index in [2.05, 4.69) is 61.1 Å². The fourth-order valence-corrected chi connectivity index (χ4v) is 9.04. The molecule has 1 heterocycles. The Bertz CT molecular complexity index is 1720. The molecule has 0 aliphatic heterocycles. The number of H-pyrrole nitrogens is 1. The van der Waals surface area contributed by atoms with Crippen molar-refractivity contribution in [3.63, 3.8) is 0 Å². The lowest BCUT2D eigenvalue weighted by Gasteiger charge is -2.15. The van der Waals surface area contributed by atoms with Gasteiger partial charge < -0.3 is 50.1 Å². The van der Waals surface area contributed by atoms with Gasteiger partial charge in [0.2, 0.25) is 39.6 Å². The van der Waals surface area contributed by atoms with E-state index < -0.39 is 33.8 Å². The van der Waals surface area contributed by atoms with E-state index in [-0.39, 0.29) is 127 Å². The molecule has 0 fully saturated rings. The molecule has 0 aromatic carbocycles. The summed E-state index contributed by atoms with van der Waals surface area (Å²) < 4.78 is 48.0. The van der Waals surface area contributed by atoms with Gasteiger partial charge in [0, 0.05) is 44.6 Å². The Morgan fingerprint density at radius 2 is 1.18 bits per heavy atom. The third-order valence-corrected chi connectivity index (χ3v) is 13.5. The molecule has 1 aromatic heterocycles. The van der Waals surface area contributed by atoms with Crippen LogP contribution in [0.4, 0.5) is 0 Å². The number of hydrogen-bond donors (Lipinski definition) is 8. The van der Waals surface area contributed by atoms with Crippen LogP contribution in [0.1, 0.15) is 134 Å². The predicted molar refractivity (Wildman–Crippen MR) is 274 cm³/mol. The van der Waals surface area contributed by atoms with Crippen LogP contribution in [-0.2, 0) is 69.0 Å². The molecule has 0 aliphatic rings. The maximum absolute atomic E-state index is 12.3. The number of sulfonamides is 1. The number of aromatic amines is 1. The van der Waals surface area contributed by atoms with Crippen molar-refractivity contribution in [2.24, 2.45) is 0 Å². The summed E-state index contributed by atoms with van der Waals surface area (Å²) >= 11 is 1.31. The molecule has 5 amide bonds. The van der Waals surface area contributed by atoms with Crippen LogP contribution in [0, 0.1) is 0 Å². The van der Waals surface area contributed by atoms with Crippen molar-refractivity contribution in [3.05, 3.63) is 5.82 Å². The number of aldehydes is 1. The van der Waals surface area contributed by atoms with Crippen LogP contribution in [0.3, 0.4) is 0 Å². The van der Waals surface area contributed by atoms with E-state index in [0.717, 1.165) is 44.2 Å². The smallest absolute Gasteiger partial charge is 0.326 e. The summed E-state index contributed by atoms with van der Waals surface area (Å²) in [5.74, 6) is -2.03. The molecule has 0 spiro atoms. The van der Waals surface area contributed by atoms with Crippen LogP contribution in [-0.4, -0.2) is 178 Å². The van der Waals surface area contributed by atoms with E-state index in [0.29, 0.717) is 31.6 Å². The number of nitrogens with zero attached hydrogens (tertiary/aromatic N) is 3. The zero-order valence-corrected chi connectivity index (χ0v) is 44.8. The van der Waals surface area contributed by atoms with Gasteiger partial charge in [-0.25, -0.2) is 18.3 Å². The minimum Gasteiger partial charge on any atom is -0.480 e. The average Bonchev–Trinajstić information content (AvgIpc) is 3.87. The number of rotatable bonds is 51. The Kier molecular flexibility index (Phi) is 41.9. The first-order chi connectivity index (χ1) is 34.8.